The number of carbonyl (C=O) groups is 3. The average Bonchev–Trinajstić information content (AvgIpc) is 2.13. The van der Waals surface area contributed by atoms with Crippen molar-refractivity contribution in [1.29, 1.82) is 0 Å². The van der Waals surface area contributed by atoms with Crippen LogP contribution in [0, 0.1) is 5.92 Å². The Morgan fingerprint density at radius 2 is 1.56 bits per heavy atom. The predicted molar refractivity (Wildman–Crippen MR) is 65.1 cm³/mol. The van der Waals surface area contributed by atoms with Gasteiger partial charge >= 0.3 is 11.9 Å². The summed E-state index contributed by atoms with van der Waals surface area (Å²) >= 11 is 0. The van der Waals surface area contributed by atoms with Crippen LogP contribution in [-0.2, 0) is 14.4 Å². The molecule has 0 saturated heterocycles. The van der Waals surface area contributed by atoms with E-state index in [-0.39, 0.29) is 6.04 Å². The molecular formula is C12H21NO5. The third-order valence-electron chi connectivity index (χ3n) is 3.03. The maximum absolute atomic E-state index is 11.7. The molecule has 0 fully saturated rings. The van der Waals surface area contributed by atoms with Gasteiger partial charge in [-0.3, -0.25) is 9.59 Å². The molecule has 104 valence electrons. The van der Waals surface area contributed by atoms with Crippen LogP contribution in [0.2, 0.25) is 0 Å². The van der Waals surface area contributed by atoms with Crippen LogP contribution >= 0.6 is 0 Å². The van der Waals surface area contributed by atoms with Crippen molar-refractivity contribution < 1.29 is 24.6 Å². The first-order valence-electron chi connectivity index (χ1n) is 5.82. The first kappa shape index (κ1) is 16.4. The van der Waals surface area contributed by atoms with Crippen LogP contribution < -0.4 is 0 Å². The Bertz CT molecular complexity index is 350. The first-order valence-corrected chi connectivity index (χ1v) is 5.82. The highest BCUT2D eigenvalue weighted by atomic mass is 16.4. The lowest BCUT2D eigenvalue weighted by atomic mass is 9.80. The molecule has 2 N–H and O–H groups in total. The van der Waals surface area contributed by atoms with Crippen molar-refractivity contribution >= 4 is 17.8 Å². The first-order chi connectivity index (χ1) is 8.07. The second-order valence-electron chi connectivity index (χ2n) is 4.94. The Morgan fingerprint density at radius 1 is 1.11 bits per heavy atom. The van der Waals surface area contributed by atoms with Crippen LogP contribution in [0.4, 0.5) is 0 Å². The second kappa shape index (κ2) is 5.84. The normalized spacial score (nSPS) is 14.4. The molecule has 0 aromatic rings. The van der Waals surface area contributed by atoms with Gasteiger partial charge in [-0.2, -0.15) is 0 Å². The Balaban J connectivity index is 5.88. The molecule has 0 spiro atoms. The zero-order valence-electron chi connectivity index (χ0n) is 11.4. The maximum Gasteiger partial charge on any atom is 0.330 e. The molecule has 18 heavy (non-hydrogen) atoms. The van der Waals surface area contributed by atoms with E-state index >= 15 is 0 Å². The lowest BCUT2D eigenvalue weighted by Crippen LogP contribution is -2.63. The number of nitrogens with zero attached hydrogens (tertiary/aromatic N) is 1. The number of carboxylic acids is 2. The molecule has 0 rings (SSSR count). The average molecular weight is 259 g/mol. The van der Waals surface area contributed by atoms with Gasteiger partial charge in [-0.25, -0.2) is 4.79 Å². The summed E-state index contributed by atoms with van der Waals surface area (Å²) in [5.41, 5.74) is -1.72. The summed E-state index contributed by atoms with van der Waals surface area (Å²) < 4.78 is 0. The third kappa shape index (κ3) is 3.00. The van der Waals surface area contributed by atoms with Crippen molar-refractivity contribution in [3.63, 3.8) is 0 Å². The number of hydrogen-bond donors (Lipinski definition) is 2. The van der Waals surface area contributed by atoms with Crippen LogP contribution in [0.15, 0.2) is 0 Å². The number of hydrogen-bond acceptors (Lipinski definition) is 3. The van der Waals surface area contributed by atoms with Crippen LogP contribution in [0.25, 0.3) is 0 Å². The molecule has 1 atom stereocenters. The van der Waals surface area contributed by atoms with Crippen molar-refractivity contribution in [2.24, 2.45) is 5.92 Å². The lowest BCUT2D eigenvalue weighted by Gasteiger charge is -2.44. The highest BCUT2D eigenvalue weighted by Gasteiger charge is 2.51. The smallest absolute Gasteiger partial charge is 0.330 e. The largest absolute Gasteiger partial charge is 0.481 e. The molecular weight excluding hydrogens is 238 g/mol. The number of amides is 1. The van der Waals surface area contributed by atoms with Crippen molar-refractivity contribution in [2.75, 3.05) is 0 Å². The summed E-state index contributed by atoms with van der Waals surface area (Å²) in [7, 11) is 0. The monoisotopic (exact) mass is 259 g/mol. The van der Waals surface area contributed by atoms with E-state index < -0.39 is 35.7 Å². The SMILES string of the molecule is CC(=O)N(C(C)C)[C@@](CC(=O)O)(C(=O)O)C(C)C. The van der Waals surface area contributed by atoms with Gasteiger partial charge < -0.3 is 15.1 Å². The van der Waals surface area contributed by atoms with Crippen molar-refractivity contribution in [1.82, 2.24) is 4.90 Å². The summed E-state index contributed by atoms with van der Waals surface area (Å²) in [5.74, 6) is -3.48. The van der Waals surface area contributed by atoms with Crippen LogP contribution in [0.1, 0.15) is 41.0 Å². The van der Waals surface area contributed by atoms with Gasteiger partial charge in [-0.15, -0.1) is 0 Å². The van der Waals surface area contributed by atoms with E-state index in [2.05, 4.69) is 0 Å². The van der Waals surface area contributed by atoms with Crippen LogP contribution in [0.5, 0.6) is 0 Å². The molecule has 0 unspecified atom stereocenters. The molecule has 0 aliphatic heterocycles. The minimum atomic E-state index is -1.72. The zero-order chi connectivity index (χ0) is 14.7. The van der Waals surface area contributed by atoms with E-state index in [1.807, 2.05) is 0 Å². The summed E-state index contributed by atoms with van der Waals surface area (Å²) in [5, 5.41) is 18.4. The Labute approximate surface area is 107 Å². The van der Waals surface area contributed by atoms with Crippen molar-refractivity contribution in [2.45, 2.75) is 52.6 Å². The minimum absolute atomic E-state index is 0.389. The van der Waals surface area contributed by atoms with E-state index in [0.29, 0.717) is 0 Å². The highest BCUT2D eigenvalue weighted by molar-refractivity contribution is 5.90. The molecule has 0 radical (unpaired) electrons. The van der Waals surface area contributed by atoms with Crippen molar-refractivity contribution in [3.8, 4) is 0 Å². The number of rotatable bonds is 6. The molecule has 6 nitrogen and oxygen atoms in total. The molecule has 0 heterocycles. The summed E-state index contributed by atoms with van der Waals surface area (Å²) in [6, 6.07) is -0.389. The van der Waals surface area contributed by atoms with E-state index in [9.17, 15) is 19.5 Å². The van der Waals surface area contributed by atoms with Gasteiger partial charge in [0.15, 0.2) is 5.54 Å². The quantitative estimate of drug-likeness (QED) is 0.747. The number of carboxylic acid groups (broad SMARTS) is 2. The standard InChI is InChI=1S/C12H21NO5/c1-7(2)12(11(17)18,6-10(15)16)13(8(3)4)9(5)14/h7-8H,6H2,1-5H3,(H,15,16)(H,17,18)/t12-/m1/s1. The Morgan fingerprint density at radius 3 is 1.72 bits per heavy atom. The molecule has 0 aromatic carbocycles. The van der Waals surface area contributed by atoms with Gasteiger partial charge in [0.05, 0.1) is 6.42 Å². The second-order valence-corrected chi connectivity index (χ2v) is 4.94. The maximum atomic E-state index is 11.7. The van der Waals surface area contributed by atoms with Crippen LogP contribution in [-0.4, -0.2) is 44.5 Å². The third-order valence-corrected chi connectivity index (χ3v) is 3.03. The molecule has 0 saturated carbocycles. The van der Waals surface area contributed by atoms with Gasteiger partial charge in [-0.05, 0) is 19.8 Å². The van der Waals surface area contributed by atoms with Gasteiger partial charge in [0.1, 0.15) is 0 Å². The number of aliphatic carboxylic acids is 2. The summed E-state index contributed by atoms with van der Waals surface area (Å²) in [6.07, 6.45) is -0.613. The van der Waals surface area contributed by atoms with Crippen molar-refractivity contribution in [3.05, 3.63) is 0 Å². The van der Waals surface area contributed by atoms with Crippen LogP contribution in [0.3, 0.4) is 0 Å². The highest BCUT2D eigenvalue weighted by Crippen LogP contribution is 2.31. The minimum Gasteiger partial charge on any atom is -0.481 e. The van der Waals surface area contributed by atoms with E-state index in [1.54, 1.807) is 27.7 Å². The lowest BCUT2D eigenvalue weighted by molar-refractivity contribution is -0.169. The van der Waals surface area contributed by atoms with E-state index in [4.69, 9.17) is 5.11 Å². The van der Waals surface area contributed by atoms with Gasteiger partial charge in [0, 0.05) is 13.0 Å². The van der Waals surface area contributed by atoms with Gasteiger partial charge in [0.2, 0.25) is 5.91 Å². The number of carbonyl (C=O) groups excluding carboxylic acids is 1. The Hall–Kier alpha value is -1.59. The molecule has 1 amide bonds. The Kier molecular flexibility index (Phi) is 5.32. The zero-order valence-corrected chi connectivity index (χ0v) is 11.4. The molecule has 0 aliphatic carbocycles. The predicted octanol–water partition coefficient (Wildman–Crippen LogP) is 1.20. The van der Waals surface area contributed by atoms with E-state index in [1.165, 1.54) is 6.92 Å². The summed E-state index contributed by atoms with van der Waals surface area (Å²) in [6.45, 7) is 7.80. The fourth-order valence-corrected chi connectivity index (χ4v) is 2.33. The fraction of sp³-hybridized carbons (Fsp3) is 0.750. The summed E-state index contributed by atoms with van der Waals surface area (Å²) in [4.78, 5) is 35.4. The molecule has 0 aromatic heterocycles. The van der Waals surface area contributed by atoms with Gasteiger partial charge in [-0.1, -0.05) is 13.8 Å². The molecule has 0 bridgehead atoms. The molecule has 0 aliphatic rings. The van der Waals surface area contributed by atoms with E-state index in [0.717, 1.165) is 4.90 Å². The fourth-order valence-electron chi connectivity index (χ4n) is 2.33. The topological polar surface area (TPSA) is 94.9 Å². The van der Waals surface area contributed by atoms with Gasteiger partial charge in [0.25, 0.3) is 0 Å². The molecule has 6 heteroatoms.